The summed E-state index contributed by atoms with van der Waals surface area (Å²) in [5.74, 6) is 0.574. The molecule has 0 spiro atoms. The fourth-order valence-electron chi connectivity index (χ4n) is 1.55. The topological polar surface area (TPSA) is 43.4 Å². The molecule has 0 aromatic heterocycles. The summed E-state index contributed by atoms with van der Waals surface area (Å²) in [6.07, 6.45) is 4.24. The highest BCUT2D eigenvalue weighted by atomic mass is 35.7. The Morgan fingerprint density at radius 2 is 2.15 bits per heavy atom. The van der Waals surface area contributed by atoms with E-state index < -0.39 is 9.05 Å². The fourth-order valence-corrected chi connectivity index (χ4v) is 2.69. The molecule has 3 nitrogen and oxygen atoms in total. The van der Waals surface area contributed by atoms with Gasteiger partial charge in [0.25, 0.3) is 0 Å². The van der Waals surface area contributed by atoms with Gasteiger partial charge in [-0.1, -0.05) is 19.3 Å². The second-order valence-electron chi connectivity index (χ2n) is 3.60. The monoisotopic (exact) mass is 226 g/mol. The van der Waals surface area contributed by atoms with Crippen LogP contribution in [0.15, 0.2) is 0 Å². The van der Waals surface area contributed by atoms with Crippen molar-refractivity contribution in [3.8, 4) is 0 Å². The van der Waals surface area contributed by atoms with Gasteiger partial charge in [0, 0.05) is 17.8 Å². The maximum absolute atomic E-state index is 10.8. The van der Waals surface area contributed by atoms with E-state index in [9.17, 15) is 8.42 Å². The van der Waals surface area contributed by atoms with E-state index in [4.69, 9.17) is 15.4 Å². The van der Waals surface area contributed by atoms with Gasteiger partial charge in [-0.15, -0.1) is 0 Å². The Labute approximate surface area is 83.8 Å². The molecule has 1 aliphatic rings. The summed E-state index contributed by atoms with van der Waals surface area (Å²) in [6.45, 7) is 0. The highest BCUT2D eigenvalue weighted by Crippen LogP contribution is 2.31. The molecule has 1 saturated carbocycles. The second-order valence-corrected chi connectivity index (χ2v) is 6.42. The minimum Gasteiger partial charge on any atom is -0.380 e. The zero-order valence-electron chi connectivity index (χ0n) is 7.70. The van der Waals surface area contributed by atoms with Crippen LogP contribution in [0.2, 0.25) is 0 Å². The maximum atomic E-state index is 10.8. The predicted octanol–water partition coefficient (Wildman–Crippen LogP) is 1.76. The maximum Gasteiger partial charge on any atom is 0.235 e. The van der Waals surface area contributed by atoms with E-state index in [1.807, 2.05) is 0 Å². The van der Waals surface area contributed by atoms with E-state index in [1.54, 1.807) is 0 Å². The lowest BCUT2D eigenvalue weighted by molar-refractivity contribution is 0.0820. The normalized spacial score (nSPS) is 21.1. The first-order chi connectivity index (χ1) is 6.01. The van der Waals surface area contributed by atoms with Crippen molar-refractivity contribution in [2.75, 3.05) is 12.9 Å². The van der Waals surface area contributed by atoms with E-state index in [2.05, 4.69) is 0 Å². The second kappa shape index (κ2) is 4.62. The summed E-state index contributed by atoms with van der Waals surface area (Å²) < 4.78 is 26.6. The molecule has 78 valence electrons. The number of rotatable bonds is 5. The lowest BCUT2D eigenvalue weighted by Gasteiger charge is -2.28. The largest absolute Gasteiger partial charge is 0.380 e. The van der Waals surface area contributed by atoms with Gasteiger partial charge in [0.1, 0.15) is 0 Å². The lowest BCUT2D eigenvalue weighted by atomic mass is 9.82. The van der Waals surface area contributed by atoms with Crippen LogP contribution in [-0.2, 0) is 13.8 Å². The molecule has 0 N–H and O–H groups in total. The first-order valence-electron chi connectivity index (χ1n) is 4.46. The third-order valence-electron chi connectivity index (χ3n) is 2.54. The predicted molar refractivity (Wildman–Crippen MR) is 52.4 cm³/mol. The Balaban J connectivity index is 2.33. The fraction of sp³-hybridized carbons (Fsp3) is 1.00. The van der Waals surface area contributed by atoms with Crippen LogP contribution >= 0.6 is 10.7 Å². The van der Waals surface area contributed by atoms with E-state index in [0.29, 0.717) is 5.92 Å². The van der Waals surface area contributed by atoms with Crippen molar-refractivity contribution in [1.82, 2.24) is 0 Å². The van der Waals surface area contributed by atoms with Crippen molar-refractivity contribution in [2.45, 2.75) is 31.8 Å². The Hall–Kier alpha value is 0.200. The molecule has 1 atom stereocenters. The average molecular weight is 227 g/mol. The van der Waals surface area contributed by atoms with Crippen molar-refractivity contribution in [1.29, 1.82) is 0 Å². The third kappa shape index (κ3) is 4.29. The molecule has 13 heavy (non-hydrogen) atoms. The number of hydrogen-bond donors (Lipinski definition) is 0. The van der Waals surface area contributed by atoms with E-state index in [1.165, 1.54) is 26.4 Å². The SMILES string of the molecule is COC(CC1CCC1)CS(=O)(=O)Cl. The van der Waals surface area contributed by atoms with Gasteiger partial charge in [0.05, 0.1) is 11.9 Å². The number of ether oxygens (including phenoxy) is 1. The zero-order valence-corrected chi connectivity index (χ0v) is 9.27. The minimum atomic E-state index is -3.42. The molecule has 1 fully saturated rings. The third-order valence-corrected chi connectivity index (χ3v) is 3.69. The quantitative estimate of drug-likeness (QED) is 0.671. The molecule has 0 aliphatic heterocycles. The van der Waals surface area contributed by atoms with Crippen molar-refractivity contribution in [2.24, 2.45) is 5.92 Å². The van der Waals surface area contributed by atoms with Crippen LogP contribution in [0.4, 0.5) is 0 Å². The summed E-state index contributed by atoms with van der Waals surface area (Å²) in [5, 5.41) is 0. The summed E-state index contributed by atoms with van der Waals surface area (Å²) >= 11 is 0. The summed E-state index contributed by atoms with van der Waals surface area (Å²) in [6, 6.07) is 0. The van der Waals surface area contributed by atoms with Gasteiger partial charge in [-0.05, 0) is 12.3 Å². The van der Waals surface area contributed by atoms with Gasteiger partial charge >= 0.3 is 0 Å². The van der Waals surface area contributed by atoms with Crippen molar-refractivity contribution >= 4 is 19.7 Å². The van der Waals surface area contributed by atoms with Gasteiger partial charge < -0.3 is 4.74 Å². The van der Waals surface area contributed by atoms with Crippen LogP contribution in [0, 0.1) is 5.92 Å². The van der Waals surface area contributed by atoms with Crippen LogP contribution in [0.1, 0.15) is 25.7 Å². The molecule has 0 amide bonds. The van der Waals surface area contributed by atoms with Crippen LogP contribution in [-0.4, -0.2) is 27.4 Å². The highest BCUT2D eigenvalue weighted by molar-refractivity contribution is 8.13. The molecule has 1 unspecified atom stereocenters. The molecule has 1 aliphatic carbocycles. The van der Waals surface area contributed by atoms with Gasteiger partial charge in [-0.3, -0.25) is 0 Å². The van der Waals surface area contributed by atoms with Crippen molar-refractivity contribution in [3.05, 3.63) is 0 Å². The molecule has 5 heteroatoms. The Bertz CT molecular complexity index is 246. The Morgan fingerprint density at radius 3 is 2.46 bits per heavy atom. The van der Waals surface area contributed by atoms with E-state index in [0.717, 1.165) is 6.42 Å². The van der Waals surface area contributed by atoms with Crippen molar-refractivity contribution in [3.63, 3.8) is 0 Å². The standard InChI is InChI=1S/C8H15ClO3S/c1-12-8(6-13(9,10)11)5-7-3-2-4-7/h7-8H,2-6H2,1H3. The molecular formula is C8H15ClO3S. The van der Waals surface area contributed by atoms with Gasteiger partial charge in [0.2, 0.25) is 9.05 Å². The smallest absolute Gasteiger partial charge is 0.235 e. The molecule has 0 radical (unpaired) electrons. The first-order valence-corrected chi connectivity index (χ1v) is 6.94. The zero-order chi connectivity index (χ0) is 9.90. The molecule has 0 bridgehead atoms. The summed E-state index contributed by atoms with van der Waals surface area (Å²) in [5.41, 5.74) is 0. The molecule has 0 aromatic carbocycles. The highest BCUT2D eigenvalue weighted by Gasteiger charge is 2.24. The molecule has 1 rings (SSSR count). The molecular weight excluding hydrogens is 212 g/mol. The number of methoxy groups -OCH3 is 1. The Kier molecular flexibility index (Phi) is 4.01. The number of hydrogen-bond acceptors (Lipinski definition) is 3. The average Bonchev–Trinajstić information content (AvgIpc) is 1.91. The molecule has 0 aromatic rings. The van der Waals surface area contributed by atoms with E-state index in [-0.39, 0.29) is 11.9 Å². The summed E-state index contributed by atoms with van der Waals surface area (Å²) in [7, 11) is 3.26. The van der Waals surface area contributed by atoms with Crippen LogP contribution in [0.5, 0.6) is 0 Å². The molecule has 0 saturated heterocycles. The van der Waals surface area contributed by atoms with Crippen LogP contribution < -0.4 is 0 Å². The van der Waals surface area contributed by atoms with Gasteiger partial charge in [0.15, 0.2) is 0 Å². The summed E-state index contributed by atoms with van der Waals surface area (Å²) in [4.78, 5) is 0. The Morgan fingerprint density at radius 1 is 1.54 bits per heavy atom. The first kappa shape index (κ1) is 11.3. The lowest BCUT2D eigenvalue weighted by Crippen LogP contribution is -2.26. The van der Waals surface area contributed by atoms with Gasteiger partial charge in [-0.25, -0.2) is 8.42 Å². The molecule has 0 heterocycles. The van der Waals surface area contributed by atoms with Crippen molar-refractivity contribution < 1.29 is 13.2 Å². The van der Waals surface area contributed by atoms with Crippen LogP contribution in [0.3, 0.4) is 0 Å². The van der Waals surface area contributed by atoms with Crippen LogP contribution in [0.25, 0.3) is 0 Å². The number of halogens is 1. The van der Waals surface area contributed by atoms with E-state index >= 15 is 0 Å². The van der Waals surface area contributed by atoms with Gasteiger partial charge in [-0.2, -0.15) is 0 Å². The minimum absolute atomic E-state index is 0.0679.